The predicted molar refractivity (Wildman–Crippen MR) is 130 cm³/mol. The number of halogens is 2. The van der Waals surface area contributed by atoms with E-state index in [1.807, 2.05) is 6.07 Å². The van der Waals surface area contributed by atoms with Crippen LogP contribution in [0.25, 0.3) is 0 Å². The molecule has 3 aromatic rings. The predicted octanol–water partition coefficient (Wildman–Crippen LogP) is 2.87. The van der Waals surface area contributed by atoms with Crippen LogP contribution >= 0.6 is 0 Å². The van der Waals surface area contributed by atoms with E-state index >= 15 is 0 Å². The number of amides is 1. The van der Waals surface area contributed by atoms with Gasteiger partial charge in [0.2, 0.25) is 5.95 Å². The van der Waals surface area contributed by atoms with Gasteiger partial charge in [-0.25, -0.2) is 13.8 Å². The summed E-state index contributed by atoms with van der Waals surface area (Å²) in [6.45, 7) is 0.149. The Morgan fingerprint density at radius 1 is 1.32 bits per heavy atom. The lowest BCUT2D eigenvalue weighted by Gasteiger charge is -2.36. The summed E-state index contributed by atoms with van der Waals surface area (Å²) < 4.78 is 33.9. The van der Waals surface area contributed by atoms with Gasteiger partial charge in [0, 0.05) is 38.5 Å². The highest BCUT2D eigenvalue weighted by Crippen LogP contribution is 2.25. The molecule has 0 bridgehead atoms. The number of hydrogen-bond donors (Lipinski definition) is 3. The van der Waals surface area contributed by atoms with Gasteiger partial charge in [0.05, 0.1) is 25.0 Å². The smallest absolute Gasteiger partial charge is 0.272 e. The number of hydrogen-bond acceptors (Lipinski definition) is 9. The Kier molecular flexibility index (Phi) is 7.49. The fourth-order valence-corrected chi connectivity index (χ4v) is 3.82. The summed E-state index contributed by atoms with van der Waals surface area (Å²) in [5.74, 6) is -1.55. The van der Waals surface area contributed by atoms with Gasteiger partial charge in [0.1, 0.15) is 23.2 Å². The zero-order valence-corrected chi connectivity index (χ0v) is 20.0. The second kappa shape index (κ2) is 10.9. The number of benzene rings is 1. The van der Waals surface area contributed by atoms with E-state index in [0.29, 0.717) is 17.0 Å². The van der Waals surface area contributed by atoms with Crippen LogP contribution < -0.4 is 10.6 Å². The Bertz CT molecular complexity index is 1410. The van der Waals surface area contributed by atoms with Crippen molar-refractivity contribution in [1.82, 2.24) is 24.6 Å². The third-order valence-corrected chi connectivity index (χ3v) is 5.74. The van der Waals surface area contributed by atoms with E-state index in [-0.39, 0.29) is 42.6 Å². The number of carbonyl (C=O) groups is 1. The number of rotatable bonds is 8. The lowest BCUT2D eigenvalue weighted by molar-refractivity contribution is -0.129. The van der Waals surface area contributed by atoms with Crippen molar-refractivity contribution in [1.29, 1.82) is 10.7 Å². The molecule has 1 aliphatic heterocycles. The number of carbonyl (C=O) groups excluding carboxylic acids is 1. The highest BCUT2D eigenvalue weighted by Gasteiger charge is 2.35. The summed E-state index contributed by atoms with van der Waals surface area (Å²) in [5.41, 5.74) is 0.648. The van der Waals surface area contributed by atoms with E-state index in [9.17, 15) is 18.8 Å². The number of piperidine rings is 1. The van der Waals surface area contributed by atoms with E-state index in [0.717, 1.165) is 12.1 Å². The van der Waals surface area contributed by atoms with Crippen molar-refractivity contribution >= 4 is 29.2 Å². The molecule has 0 spiro atoms. The minimum atomic E-state index is -1.01. The molecule has 0 aliphatic carbocycles. The Balaban J connectivity index is 1.55. The number of nitriles is 1. The summed E-state index contributed by atoms with van der Waals surface area (Å²) >= 11 is 0. The van der Waals surface area contributed by atoms with Crippen LogP contribution in [0.15, 0.2) is 48.4 Å². The number of anilines is 3. The molecule has 1 aliphatic rings. The fourth-order valence-electron chi connectivity index (χ4n) is 3.82. The number of aryl methyl sites for hydroxylation is 1. The molecule has 37 heavy (non-hydrogen) atoms. The van der Waals surface area contributed by atoms with Crippen LogP contribution in [0.3, 0.4) is 0 Å². The molecule has 0 unspecified atom stereocenters. The van der Waals surface area contributed by atoms with E-state index in [1.165, 1.54) is 30.5 Å². The molecule has 3 heterocycles. The van der Waals surface area contributed by atoms with Crippen molar-refractivity contribution in [2.24, 2.45) is 7.05 Å². The summed E-state index contributed by atoms with van der Waals surface area (Å²) in [5, 5.41) is 27.9. The lowest BCUT2D eigenvalue weighted by Crippen LogP contribution is -2.50. The maximum absolute atomic E-state index is 13.7. The van der Waals surface area contributed by atoms with E-state index < -0.39 is 23.6 Å². The van der Waals surface area contributed by atoms with Crippen LogP contribution in [0, 0.1) is 28.4 Å². The molecular formula is C24H23F2N9O2. The maximum atomic E-state index is 13.7. The first-order valence-electron chi connectivity index (χ1n) is 11.1. The van der Waals surface area contributed by atoms with Gasteiger partial charge in [-0.3, -0.25) is 14.9 Å². The molecule has 1 fully saturated rings. The zero-order valence-electron chi connectivity index (χ0n) is 20.0. The summed E-state index contributed by atoms with van der Waals surface area (Å²) in [4.78, 5) is 22.9. The Labute approximate surface area is 210 Å². The van der Waals surface area contributed by atoms with Crippen LogP contribution in [-0.2, 0) is 23.1 Å². The number of nitrogens with zero attached hydrogens (tertiary/aromatic N) is 6. The third kappa shape index (κ3) is 5.60. The van der Waals surface area contributed by atoms with Crippen molar-refractivity contribution in [3.63, 3.8) is 0 Å². The van der Waals surface area contributed by atoms with E-state index in [1.54, 1.807) is 24.0 Å². The highest BCUT2D eigenvalue weighted by molar-refractivity contribution is 6.44. The van der Waals surface area contributed by atoms with Crippen molar-refractivity contribution in [2.75, 3.05) is 24.4 Å². The summed E-state index contributed by atoms with van der Waals surface area (Å²) in [6.07, 6.45) is 4.66. The first-order valence-corrected chi connectivity index (χ1v) is 11.1. The van der Waals surface area contributed by atoms with Gasteiger partial charge >= 0.3 is 0 Å². The molecule has 11 nitrogen and oxygen atoms in total. The molecule has 1 saturated heterocycles. The second-order valence-electron chi connectivity index (χ2n) is 8.22. The van der Waals surface area contributed by atoms with Gasteiger partial charge < -0.3 is 20.3 Å². The van der Waals surface area contributed by atoms with Crippen LogP contribution in [0.1, 0.15) is 17.5 Å². The fraction of sp³-hybridized carbons (Fsp3) is 0.250. The molecule has 3 N–H and O–H groups in total. The van der Waals surface area contributed by atoms with Gasteiger partial charge in [-0.05, 0) is 24.1 Å². The lowest BCUT2D eigenvalue weighted by atomic mass is 9.94. The first kappa shape index (κ1) is 25.4. The summed E-state index contributed by atoms with van der Waals surface area (Å²) in [6, 6.07) is 6.69. The number of likely N-dealkylation sites (tertiary alicyclic amines) is 1. The van der Waals surface area contributed by atoms with Crippen molar-refractivity contribution in [2.45, 2.75) is 19.0 Å². The van der Waals surface area contributed by atoms with Crippen molar-refractivity contribution < 1.29 is 18.3 Å². The topological polar surface area (TPSA) is 145 Å². The second-order valence-corrected chi connectivity index (χ2v) is 8.22. The molecular weight excluding hydrogens is 484 g/mol. The van der Waals surface area contributed by atoms with Crippen LogP contribution in [0.4, 0.5) is 26.4 Å². The molecule has 4 rings (SSSR count). The van der Waals surface area contributed by atoms with Gasteiger partial charge in [-0.1, -0.05) is 6.07 Å². The maximum Gasteiger partial charge on any atom is 0.272 e. The minimum absolute atomic E-state index is 0.0132. The van der Waals surface area contributed by atoms with Gasteiger partial charge in [0.15, 0.2) is 17.5 Å². The van der Waals surface area contributed by atoms with Crippen LogP contribution in [0.5, 0.6) is 0 Å². The molecule has 2 aromatic heterocycles. The Morgan fingerprint density at radius 3 is 2.81 bits per heavy atom. The van der Waals surface area contributed by atoms with Gasteiger partial charge in [-0.15, -0.1) is 0 Å². The molecule has 0 radical (unpaired) electrons. The SMILES string of the molecule is COC[C@H]1C/C(=C/Nc2nc(Nc3ccnn3C)ncc2C#N)C(=N)C(=O)N1Cc1ccc(F)c(F)c1. The molecule has 1 aromatic carbocycles. The number of aromatic nitrogens is 4. The zero-order chi connectivity index (χ0) is 26.5. The monoisotopic (exact) mass is 507 g/mol. The highest BCUT2D eigenvalue weighted by atomic mass is 19.2. The molecule has 190 valence electrons. The average Bonchev–Trinajstić information content (AvgIpc) is 3.29. The molecule has 1 atom stereocenters. The molecule has 13 heteroatoms. The Morgan fingerprint density at radius 2 is 2.14 bits per heavy atom. The van der Waals surface area contributed by atoms with E-state index in [4.69, 9.17) is 10.1 Å². The number of methoxy groups -OCH3 is 1. The van der Waals surface area contributed by atoms with Gasteiger partial charge in [0.25, 0.3) is 5.91 Å². The van der Waals surface area contributed by atoms with Crippen LogP contribution in [0.2, 0.25) is 0 Å². The normalized spacial score (nSPS) is 16.7. The standard InChI is InChI=1S/C24H23F2N9O2/c1-34-20(5-6-31-34)32-24-30-11-16(9-27)22(33-24)29-10-15-8-17(13-37-2)35(23(36)21(15)28)12-14-3-4-18(25)19(26)7-14/h3-7,10-11,17,28H,8,12-13H2,1-2H3,(H2,29,30,32,33)/b15-10-,28-21?/t17-/m1/s1. The van der Waals surface area contributed by atoms with E-state index in [2.05, 4.69) is 25.7 Å². The first-order chi connectivity index (χ1) is 17.8. The number of ether oxygens (including phenoxy) is 1. The number of nitrogens with one attached hydrogen (secondary N) is 3. The minimum Gasteiger partial charge on any atom is -0.383 e. The average molecular weight is 508 g/mol. The molecule has 0 saturated carbocycles. The largest absolute Gasteiger partial charge is 0.383 e. The summed E-state index contributed by atoms with van der Waals surface area (Å²) in [7, 11) is 3.23. The van der Waals surface area contributed by atoms with Gasteiger partial charge in [-0.2, -0.15) is 15.3 Å². The van der Waals surface area contributed by atoms with Crippen molar-refractivity contribution in [3.05, 3.63) is 71.2 Å². The van der Waals surface area contributed by atoms with Crippen molar-refractivity contribution in [3.8, 4) is 6.07 Å². The quantitative estimate of drug-likeness (QED) is 0.422. The van der Waals surface area contributed by atoms with Crippen LogP contribution in [-0.4, -0.2) is 56.0 Å². The third-order valence-electron chi connectivity index (χ3n) is 5.74. The Hall–Kier alpha value is -4.70. The molecule has 1 amide bonds.